The van der Waals surface area contributed by atoms with Crippen LogP contribution in [0.1, 0.15) is 24.8 Å². The standard InChI is InChI=1S/C15H16F2O3/c16-11-5-9(6-12(17)7-11)8-15(14(18)19)3-4-20-13(15)10-1-2-10/h5-7,10,13H,1-4,8H2,(H,18,19). The largest absolute Gasteiger partial charge is 0.481 e. The molecule has 1 heterocycles. The highest BCUT2D eigenvalue weighted by atomic mass is 19.1. The summed E-state index contributed by atoms with van der Waals surface area (Å²) in [6.45, 7) is 0.394. The van der Waals surface area contributed by atoms with E-state index in [0.717, 1.165) is 18.9 Å². The second kappa shape index (κ2) is 4.81. The summed E-state index contributed by atoms with van der Waals surface area (Å²) in [6, 6.07) is 3.20. The Morgan fingerprint density at radius 1 is 1.30 bits per heavy atom. The van der Waals surface area contributed by atoms with Crippen LogP contribution in [0.5, 0.6) is 0 Å². The molecule has 0 bridgehead atoms. The van der Waals surface area contributed by atoms with Gasteiger partial charge in [0.05, 0.1) is 6.10 Å². The van der Waals surface area contributed by atoms with Crippen molar-refractivity contribution < 1.29 is 23.4 Å². The minimum absolute atomic E-state index is 0.109. The van der Waals surface area contributed by atoms with Crippen LogP contribution in [-0.2, 0) is 16.0 Å². The molecule has 108 valence electrons. The van der Waals surface area contributed by atoms with Gasteiger partial charge >= 0.3 is 5.97 Å². The van der Waals surface area contributed by atoms with Crippen molar-refractivity contribution in [1.82, 2.24) is 0 Å². The maximum atomic E-state index is 13.3. The highest BCUT2D eigenvalue weighted by molar-refractivity contribution is 5.76. The van der Waals surface area contributed by atoms with E-state index in [0.29, 0.717) is 18.6 Å². The fourth-order valence-electron chi connectivity index (χ4n) is 3.23. The Hall–Kier alpha value is -1.49. The van der Waals surface area contributed by atoms with E-state index >= 15 is 0 Å². The number of carboxylic acid groups (broad SMARTS) is 1. The van der Waals surface area contributed by atoms with Crippen LogP contribution in [0.25, 0.3) is 0 Å². The summed E-state index contributed by atoms with van der Waals surface area (Å²) in [5, 5.41) is 9.64. The van der Waals surface area contributed by atoms with Crippen molar-refractivity contribution in [3.63, 3.8) is 0 Å². The molecule has 0 radical (unpaired) electrons. The third-order valence-electron chi connectivity index (χ3n) is 4.31. The van der Waals surface area contributed by atoms with Gasteiger partial charge in [0.15, 0.2) is 0 Å². The predicted octanol–water partition coefficient (Wildman–Crippen LogP) is 2.78. The van der Waals surface area contributed by atoms with E-state index in [1.165, 1.54) is 12.1 Å². The first kappa shape index (κ1) is 13.5. The number of rotatable bonds is 4. The second-order valence-corrected chi connectivity index (χ2v) is 5.79. The van der Waals surface area contributed by atoms with E-state index in [2.05, 4.69) is 0 Å². The highest BCUT2D eigenvalue weighted by Crippen LogP contribution is 2.49. The molecule has 2 fully saturated rings. The lowest BCUT2D eigenvalue weighted by molar-refractivity contribution is -0.153. The van der Waals surface area contributed by atoms with Crippen LogP contribution in [0.4, 0.5) is 8.78 Å². The zero-order valence-electron chi connectivity index (χ0n) is 10.9. The summed E-state index contributed by atoms with van der Waals surface area (Å²) >= 11 is 0. The topological polar surface area (TPSA) is 46.5 Å². The highest BCUT2D eigenvalue weighted by Gasteiger charge is 2.55. The minimum Gasteiger partial charge on any atom is -0.481 e. The van der Waals surface area contributed by atoms with Gasteiger partial charge in [0.25, 0.3) is 0 Å². The molecule has 1 aliphatic heterocycles. The number of hydrogen-bond acceptors (Lipinski definition) is 2. The van der Waals surface area contributed by atoms with E-state index in [-0.39, 0.29) is 18.4 Å². The summed E-state index contributed by atoms with van der Waals surface area (Å²) in [4.78, 5) is 11.8. The summed E-state index contributed by atoms with van der Waals surface area (Å²) < 4.78 is 32.2. The minimum atomic E-state index is -1.05. The van der Waals surface area contributed by atoms with Crippen LogP contribution in [0.15, 0.2) is 18.2 Å². The number of carboxylic acids is 1. The Morgan fingerprint density at radius 3 is 2.50 bits per heavy atom. The van der Waals surface area contributed by atoms with Crippen molar-refractivity contribution in [2.24, 2.45) is 11.3 Å². The average molecular weight is 282 g/mol. The SMILES string of the molecule is O=C(O)C1(Cc2cc(F)cc(F)c2)CCOC1C1CC1. The Bertz CT molecular complexity index is 522. The molecule has 20 heavy (non-hydrogen) atoms. The van der Waals surface area contributed by atoms with Crippen molar-refractivity contribution >= 4 is 5.97 Å². The van der Waals surface area contributed by atoms with Gasteiger partial charge < -0.3 is 9.84 Å². The third kappa shape index (κ3) is 2.30. The van der Waals surface area contributed by atoms with Crippen molar-refractivity contribution in [1.29, 1.82) is 0 Å². The number of hydrogen-bond donors (Lipinski definition) is 1. The van der Waals surface area contributed by atoms with Crippen molar-refractivity contribution in [3.8, 4) is 0 Å². The Balaban J connectivity index is 1.92. The van der Waals surface area contributed by atoms with Crippen molar-refractivity contribution in [3.05, 3.63) is 35.4 Å². The van der Waals surface area contributed by atoms with Gasteiger partial charge in [-0.15, -0.1) is 0 Å². The van der Waals surface area contributed by atoms with Gasteiger partial charge in [-0.3, -0.25) is 4.79 Å². The molecule has 0 aromatic heterocycles. The molecule has 1 saturated heterocycles. The molecule has 2 unspecified atom stereocenters. The molecule has 1 aromatic rings. The van der Waals surface area contributed by atoms with Crippen LogP contribution < -0.4 is 0 Å². The number of carbonyl (C=O) groups is 1. The number of benzene rings is 1. The Kier molecular flexibility index (Phi) is 3.24. The Morgan fingerprint density at radius 2 is 1.95 bits per heavy atom. The Labute approximate surface area is 115 Å². The van der Waals surface area contributed by atoms with Crippen molar-refractivity contribution in [2.45, 2.75) is 31.8 Å². The predicted molar refractivity (Wildman–Crippen MR) is 67.2 cm³/mol. The van der Waals surface area contributed by atoms with Crippen LogP contribution in [0.3, 0.4) is 0 Å². The quantitative estimate of drug-likeness (QED) is 0.923. The van der Waals surface area contributed by atoms with E-state index < -0.39 is 23.0 Å². The van der Waals surface area contributed by atoms with E-state index in [4.69, 9.17) is 4.74 Å². The van der Waals surface area contributed by atoms with E-state index in [9.17, 15) is 18.7 Å². The number of ether oxygens (including phenoxy) is 1. The molecular formula is C15H16F2O3. The lowest BCUT2D eigenvalue weighted by Gasteiger charge is -2.30. The van der Waals surface area contributed by atoms with Gasteiger partial charge in [-0.05, 0) is 49.3 Å². The molecule has 1 saturated carbocycles. The first-order valence-corrected chi connectivity index (χ1v) is 6.81. The average Bonchev–Trinajstić information content (AvgIpc) is 3.10. The molecule has 0 spiro atoms. The summed E-state index contributed by atoms with van der Waals surface area (Å²) in [5.41, 5.74) is -0.678. The molecule has 5 heteroatoms. The van der Waals surface area contributed by atoms with E-state index in [1.807, 2.05) is 0 Å². The fourth-order valence-corrected chi connectivity index (χ4v) is 3.23. The number of aliphatic carboxylic acids is 1. The molecule has 1 aromatic carbocycles. The summed E-state index contributed by atoms with van der Waals surface area (Å²) in [7, 11) is 0. The molecule has 1 aliphatic carbocycles. The first-order chi connectivity index (χ1) is 9.51. The maximum Gasteiger partial charge on any atom is 0.312 e. The molecule has 1 N–H and O–H groups in total. The van der Waals surface area contributed by atoms with Crippen LogP contribution in [0, 0.1) is 23.0 Å². The maximum absolute atomic E-state index is 13.3. The van der Waals surface area contributed by atoms with Gasteiger partial charge in [0.2, 0.25) is 0 Å². The molecule has 2 atom stereocenters. The molecule has 2 aliphatic rings. The van der Waals surface area contributed by atoms with E-state index in [1.54, 1.807) is 0 Å². The zero-order valence-corrected chi connectivity index (χ0v) is 10.9. The number of halogens is 2. The zero-order chi connectivity index (χ0) is 14.3. The molecular weight excluding hydrogens is 266 g/mol. The first-order valence-electron chi connectivity index (χ1n) is 6.81. The summed E-state index contributed by atoms with van der Waals surface area (Å²) in [6.07, 6.45) is 2.10. The smallest absolute Gasteiger partial charge is 0.312 e. The normalized spacial score (nSPS) is 29.6. The summed E-state index contributed by atoms with van der Waals surface area (Å²) in [5.74, 6) is -2.02. The van der Waals surface area contributed by atoms with Gasteiger partial charge in [0, 0.05) is 12.7 Å². The second-order valence-electron chi connectivity index (χ2n) is 5.79. The lowest BCUT2D eigenvalue weighted by atomic mass is 9.74. The van der Waals surface area contributed by atoms with Crippen molar-refractivity contribution in [2.75, 3.05) is 6.61 Å². The third-order valence-corrected chi connectivity index (χ3v) is 4.31. The fraction of sp³-hybridized carbons (Fsp3) is 0.533. The lowest BCUT2D eigenvalue weighted by Crippen LogP contribution is -2.42. The van der Waals surface area contributed by atoms with Crippen LogP contribution >= 0.6 is 0 Å². The van der Waals surface area contributed by atoms with Gasteiger partial charge in [-0.2, -0.15) is 0 Å². The van der Waals surface area contributed by atoms with Crippen LogP contribution in [0.2, 0.25) is 0 Å². The van der Waals surface area contributed by atoms with Gasteiger partial charge in [-0.1, -0.05) is 0 Å². The van der Waals surface area contributed by atoms with Crippen LogP contribution in [-0.4, -0.2) is 23.8 Å². The monoisotopic (exact) mass is 282 g/mol. The molecule has 3 rings (SSSR count). The van der Waals surface area contributed by atoms with Gasteiger partial charge in [0.1, 0.15) is 17.0 Å². The molecule has 0 amide bonds. The molecule has 3 nitrogen and oxygen atoms in total. The van der Waals surface area contributed by atoms with Gasteiger partial charge in [-0.25, -0.2) is 8.78 Å².